The molecule has 0 aliphatic carbocycles. The number of likely N-dealkylation sites (N-methyl/N-ethyl adjacent to an activating group) is 1. The first-order valence-corrected chi connectivity index (χ1v) is 8.44. The van der Waals surface area contributed by atoms with Gasteiger partial charge >= 0.3 is 0 Å². The molecule has 5 nitrogen and oxygen atoms in total. The van der Waals surface area contributed by atoms with Crippen molar-refractivity contribution in [3.05, 3.63) is 35.9 Å². The lowest BCUT2D eigenvalue weighted by Crippen LogP contribution is -2.55. The van der Waals surface area contributed by atoms with E-state index >= 15 is 0 Å². The smallest absolute Gasteiger partial charge is 0.213 e. The summed E-state index contributed by atoms with van der Waals surface area (Å²) >= 11 is 0. The number of carbonyl (C=O) groups is 1. The zero-order valence-electron chi connectivity index (χ0n) is 14.1. The van der Waals surface area contributed by atoms with Crippen LogP contribution in [-0.2, 0) is 4.74 Å². The number of ether oxygens (including phenoxy) is 2. The fourth-order valence-electron chi connectivity index (χ4n) is 3.92. The first-order chi connectivity index (χ1) is 11.7. The highest BCUT2D eigenvalue weighted by atomic mass is 16.5. The van der Waals surface area contributed by atoms with Crippen LogP contribution in [-0.4, -0.2) is 55.1 Å². The number of hydrogen-bond donors (Lipinski definition) is 0. The molecule has 2 saturated heterocycles. The van der Waals surface area contributed by atoms with E-state index in [-0.39, 0.29) is 11.7 Å². The van der Waals surface area contributed by atoms with Crippen molar-refractivity contribution in [1.82, 2.24) is 9.88 Å². The van der Waals surface area contributed by atoms with Crippen LogP contribution >= 0.6 is 0 Å². The molecular weight excluding hydrogens is 304 g/mol. The molecule has 2 atom stereocenters. The number of ketones is 1. The number of morpholine rings is 1. The molecule has 24 heavy (non-hydrogen) atoms. The summed E-state index contributed by atoms with van der Waals surface area (Å²) < 4.78 is 10.8. The first kappa shape index (κ1) is 15.5. The standard InChI is InChI=1S/C19H22N2O3/c1-21-15-8-14(9-16(21)11-24-10-15)19(22)13-3-5-17-12(7-13)4-6-18(20-17)23-2/h3-7,14-16H,8-11H2,1-2H3. The van der Waals surface area contributed by atoms with Crippen LogP contribution in [0.4, 0.5) is 0 Å². The van der Waals surface area contributed by atoms with Crippen LogP contribution in [0, 0.1) is 5.92 Å². The van der Waals surface area contributed by atoms with Gasteiger partial charge in [-0.1, -0.05) is 0 Å². The number of carbonyl (C=O) groups excluding carboxylic acids is 1. The Hall–Kier alpha value is -1.98. The Morgan fingerprint density at radius 2 is 1.96 bits per heavy atom. The summed E-state index contributed by atoms with van der Waals surface area (Å²) in [4.78, 5) is 19.8. The number of Topliss-reactive ketones (excluding diaryl/α,β-unsaturated/α-hetero) is 1. The van der Waals surface area contributed by atoms with E-state index < -0.39 is 0 Å². The van der Waals surface area contributed by atoms with Gasteiger partial charge in [0.2, 0.25) is 5.88 Å². The van der Waals surface area contributed by atoms with Gasteiger partial charge in [0.05, 0.1) is 25.8 Å². The molecule has 1 aromatic heterocycles. The molecule has 0 radical (unpaired) electrons. The summed E-state index contributed by atoms with van der Waals surface area (Å²) in [6, 6.07) is 10.2. The molecule has 0 amide bonds. The average molecular weight is 326 g/mol. The Morgan fingerprint density at radius 3 is 2.67 bits per heavy atom. The van der Waals surface area contributed by atoms with Gasteiger partial charge in [0.1, 0.15) is 0 Å². The van der Waals surface area contributed by atoms with E-state index in [2.05, 4.69) is 16.9 Å². The van der Waals surface area contributed by atoms with Gasteiger partial charge in [0, 0.05) is 35.0 Å². The van der Waals surface area contributed by atoms with Crippen LogP contribution in [0.15, 0.2) is 30.3 Å². The topological polar surface area (TPSA) is 51.7 Å². The highest BCUT2D eigenvalue weighted by molar-refractivity contribution is 6.01. The highest BCUT2D eigenvalue weighted by Gasteiger charge is 2.39. The van der Waals surface area contributed by atoms with Gasteiger partial charge in [-0.2, -0.15) is 0 Å². The third kappa shape index (κ3) is 2.68. The average Bonchev–Trinajstić information content (AvgIpc) is 2.60. The number of nitrogens with zero attached hydrogens (tertiary/aromatic N) is 2. The van der Waals surface area contributed by atoms with E-state index in [1.165, 1.54) is 0 Å². The predicted molar refractivity (Wildman–Crippen MR) is 91.5 cm³/mol. The number of fused-ring (bicyclic) bond motifs is 3. The zero-order chi connectivity index (χ0) is 16.7. The Morgan fingerprint density at radius 1 is 1.21 bits per heavy atom. The number of aromatic nitrogens is 1. The second-order valence-corrected chi connectivity index (χ2v) is 6.80. The van der Waals surface area contributed by atoms with Gasteiger partial charge in [-0.15, -0.1) is 0 Å². The van der Waals surface area contributed by atoms with Gasteiger partial charge in [-0.25, -0.2) is 4.98 Å². The molecule has 0 spiro atoms. The quantitative estimate of drug-likeness (QED) is 0.811. The number of methoxy groups -OCH3 is 1. The maximum Gasteiger partial charge on any atom is 0.213 e. The highest BCUT2D eigenvalue weighted by Crippen LogP contribution is 2.32. The Kier molecular flexibility index (Phi) is 3.98. The summed E-state index contributed by atoms with van der Waals surface area (Å²) in [5.41, 5.74) is 1.63. The minimum Gasteiger partial charge on any atom is -0.481 e. The fraction of sp³-hybridized carbons (Fsp3) is 0.474. The molecule has 126 valence electrons. The van der Waals surface area contributed by atoms with Crippen molar-refractivity contribution < 1.29 is 14.3 Å². The first-order valence-electron chi connectivity index (χ1n) is 8.44. The minimum atomic E-state index is 0.0868. The van der Waals surface area contributed by atoms with Crippen LogP contribution in [0.1, 0.15) is 23.2 Å². The van der Waals surface area contributed by atoms with Crippen molar-refractivity contribution in [3.63, 3.8) is 0 Å². The molecular formula is C19H22N2O3. The lowest BCUT2D eigenvalue weighted by atomic mass is 9.81. The van der Waals surface area contributed by atoms with Gasteiger partial charge < -0.3 is 9.47 Å². The van der Waals surface area contributed by atoms with Gasteiger partial charge in [-0.05, 0) is 44.2 Å². The van der Waals surface area contributed by atoms with Gasteiger partial charge in [0.15, 0.2) is 5.78 Å². The minimum absolute atomic E-state index is 0.0868. The zero-order valence-corrected chi connectivity index (χ0v) is 14.1. The summed E-state index contributed by atoms with van der Waals surface area (Å²) in [6.07, 6.45) is 1.76. The van der Waals surface area contributed by atoms with E-state index in [1.807, 2.05) is 30.3 Å². The molecule has 2 fully saturated rings. The summed E-state index contributed by atoms with van der Waals surface area (Å²) in [5.74, 6) is 0.922. The largest absolute Gasteiger partial charge is 0.481 e. The molecule has 2 aliphatic rings. The van der Waals surface area contributed by atoms with Crippen LogP contribution in [0.5, 0.6) is 5.88 Å². The van der Waals surface area contributed by atoms with Crippen molar-refractivity contribution >= 4 is 16.7 Å². The van der Waals surface area contributed by atoms with Crippen LogP contribution in [0.2, 0.25) is 0 Å². The van der Waals surface area contributed by atoms with Crippen molar-refractivity contribution in [2.45, 2.75) is 24.9 Å². The number of piperidine rings is 1. The summed E-state index contributed by atoms with van der Waals surface area (Å²) in [5, 5.41) is 0.970. The SMILES string of the molecule is COc1ccc2cc(C(=O)C3CC4COCC(C3)N4C)ccc2n1. The Balaban J connectivity index is 1.59. The van der Waals surface area contributed by atoms with E-state index in [9.17, 15) is 4.79 Å². The normalized spacial score (nSPS) is 27.2. The van der Waals surface area contributed by atoms with Crippen molar-refractivity contribution in [2.24, 2.45) is 5.92 Å². The summed E-state index contributed by atoms with van der Waals surface area (Å²) in [6.45, 7) is 1.47. The maximum absolute atomic E-state index is 13.0. The van der Waals surface area contributed by atoms with Gasteiger partial charge in [-0.3, -0.25) is 9.69 Å². The third-order valence-corrected chi connectivity index (χ3v) is 5.41. The fourth-order valence-corrected chi connectivity index (χ4v) is 3.92. The van der Waals surface area contributed by atoms with Crippen LogP contribution in [0.25, 0.3) is 10.9 Å². The number of rotatable bonds is 3. The Labute approximate surface area is 141 Å². The lowest BCUT2D eigenvalue weighted by Gasteiger charge is -2.46. The van der Waals surface area contributed by atoms with E-state index in [0.717, 1.165) is 42.5 Å². The van der Waals surface area contributed by atoms with Crippen LogP contribution < -0.4 is 4.74 Å². The Bertz CT molecular complexity index is 762. The number of pyridine rings is 1. The molecule has 2 unspecified atom stereocenters. The van der Waals surface area contributed by atoms with E-state index in [0.29, 0.717) is 18.0 Å². The monoisotopic (exact) mass is 326 g/mol. The molecule has 2 aliphatic heterocycles. The van der Waals surface area contributed by atoms with Crippen molar-refractivity contribution in [3.8, 4) is 5.88 Å². The molecule has 2 aromatic rings. The molecule has 0 N–H and O–H groups in total. The van der Waals surface area contributed by atoms with Gasteiger partial charge in [0.25, 0.3) is 0 Å². The van der Waals surface area contributed by atoms with E-state index in [1.54, 1.807) is 7.11 Å². The van der Waals surface area contributed by atoms with Crippen molar-refractivity contribution in [2.75, 3.05) is 27.4 Å². The second kappa shape index (κ2) is 6.15. The number of benzene rings is 1. The second-order valence-electron chi connectivity index (χ2n) is 6.80. The van der Waals surface area contributed by atoms with Crippen LogP contribution in [0.3, 0.4) is 0 Å². The van der Waals surface area contributed by atoms with E-state index in [4.69, 9.17) is 9.47 Å². The number of hydrogen-bond acceptors (Lipinski definition) is 5. The molecule has 0 saturated carbocycles. The van der Waals surface area contributed by atoms with Crippen molar-refractivity contribution in [1.29, 1.82) is 0 Å². The summed E-state index contributed by atoms with van der Waals surface area (Å²) in [7, 11) is 3.75. The third-order valence-electron chi connectivity index (χ3n) is 5.41. The molecule has 4 rings (SSSR count). The molecule has 1 aromatic carbocycles. The molecule has 2 bridgehead atoms. The maximum atomic E-state index is 13.0. The molecule has 3 heterocycles. The predicted octanol–water partition coefficient (Wildman–Crippen LogP) is 2.54. The lowest BCUT2D eigenvalue weighted by molar-refractivity contribution is -0.0702. The molecule has 5 heteroatoms.